The third-order valence-electron chi connectivity index (χ3n) is 5.20. The number of aliphatic hydroxyl groups is 1. The molecule has 1 saturated heterocycles. The van der Waals surface area contributed by atoms with Crippen LogP contribution < -0.4 is 0 Å². The number of amides is 1. The number of hydrogen-bond donors (Lipinski definition) is 1. The Hall–Kier alpha value is -2.47. The van der Waals surface area contributed by atoms with Crippen molar-refractivity contribution in [2.24, 2.45) is 0 Å². The van der Waals surface area contributed by atoms with Gasteiger partial charge in [-0.05, 0) is 55.2 Å². The van der Waals surface area contributed by atoms with Crippen LogP contribution in [0.25, 0.3) is 0 Å². The van der Waals surface area contributed by atoms with Crippen LogP contribution in [0, 0.1) is 11.6 Å². The Balaban J connectivity index is 1.81. The SMILES string of the molecule is C[C@@H](c1ccc(F)cc1)N1CC[C@](CCCO)(c2ccc(F)cc2)OC1=O. The average molecular weight is 375 g/mol. The van der Waals surface area contributed by atoms with Gasteiger partial charge in [0.05, 0.1) is 6.04 Å². The molecule has 1 aliphatic heterocycles. The number of aliphatic hydroxyl groups excluding tert-OH is 1. The first-order valence-electron chi connectivity index (χ1n) is 9.07. The Morgan fingerprint density at radius 1 is 1.11 bits per heavy atom. The summed E-state index contributed by atoms with van der Waals surface area (Å²) in [5, 5.41) is 9.24. The van der Waals surface area contributed by atoms with E-state index >= 15 is 0 Å². The van der Waals surface area contributed by atoms with Crippen molar-refractivity contribution in [1.29, 1.82) is 0 Å². The zero-order chi connectivity index (χ0) is 19.4. The minimum Gasteiger partial charge on any atom is -0.438 e. The molecule has 1 aliphatic rings. The molecule has 0 radical (unpaired) electrons. The molecule has 1 N–H and O–H groups in total. The van der Waals surface area contributed by atoms with Crippen molar-refractivity contribution in [2.45, 2.75) is 37.8 Å². The molecule has 4 nitrogen and oxygen atoms in total. The Bertz CT molecular complexity index is 779. The highest BCUT2D eigenvalue weighted by Crippen LogP contribution is 2.40. The normalized spacial score (nSPS) is 21.0. The van der Waals surface area contributed by atoms with Crippen molar-refractivity contribution in [3.63, 3.8) is 0 Å². The van der Waals surface area contributed by atoms with Crippen LogP contribution >= 0.6 is 0 Å². The molecule has 1 heterocycles. The summed E-state index contributed by atoms with van der Waals surface area (Å²) in [7, 11) is 0. The summed E-state index contributed by atoms with van der Waals surface area (Å²) in [6.07, 6.45) is 0.980. The molecule has 2 atom stereocenters. The number of cyclic esters (lactones) is 1. The molecule has 2 aromatic carbocycles. The lowest BCUT2D eigenvalue weighted by atomic mass is 9.84. The second-order valence-corrected chi connectivity index (χ2v) is 6.87. The quantitative estimate of drug-likeness (QED) is 0.807. The first-order valence-corrected chi connectivity index (χ1v) is 9.07. The third kappa shape index (κ3) is 4.11. The van der Waals surface area contributed by atoms with Gasteiger partial charge in [-0.2, -0.15) is 0 Å². The van der Waals surface area contributed by atoms with E-state index in [1.54, 1.807) is 29.2 Å². The molecule has 3 rings (SSSR count). The summed E-state index contributed by atoms with van der Waals surface area (Å²) in [6, 6.07) is 11.7. The summed E-state index contributed by atoms with van der Waals surface area (Å²) >= 11 is 0. The molecule has 0 aliphatic carbocycles. The highest BCUT2D eigenvalue weighted by atomic mass is 19.1. The fraction of sp³-hybridized carbons (Fsp3) is 0.381. The lowest BCUT2D eigenvalue weighted by molar-refractivity contribution is -0.0680. The van der Waals surface area contributed by atoms with Crippen LogP contribution in [0.1, 0.15) is 43.4 Å². The third-order valence-corrected chi connectivity index (χ3v) is 5.20. The van der Waals surface area contributed by atoms with E-state index in [1.807, 2.05) is 6.92 Å². The zero-order valence-corrected chi connectivity index (χ0v) is 15.2. The van der Waals surface area contributed by atoms with Crippen LogP contribution in [0.2, 0.25) is 0 Å². The smallest absolute Gasteiger partial charge is 0.411 e. The lowest BCUT2D eigenvalue weighted by Gasteiger charge is -2.43. The van der Waals surface area contributed by atoms with Gasteiger partial charge in [0.15, 0.2) is 0 Å². The van der Waals surface area contributed by atoms with E-state index in [0.717, 1.165) is 11.1 Å². The van der Waals surface area contributed by atoms with Crippen LogP contribution in [-0.4, -0.2) is 29.3 Å². The highest BCUT2D eigenvalue weighted by molar-refractivity contribution is 5.70. The van der Waals surface area contributed by atoms with Crippen molar-refractivity contribution in [1.82, 2.24) is 4.90 Å². The van der Waals surface area contributed by atoms with Crippen molar-refractivity contribution >= 4 is 6.09 Å². The number of nitrogens with zero attached hydrogens (tertiary/aromatic N) is 1. The number of carbonyl (C=O) groups excluding carboxylic acids is 1. The summed E-state index contributed by atoms with van der Waals surface area (Å²) in [6.45, 7) is 2.30. The molecule has 0 aromatic heterocycles. The minimum absolute atomic E-state index is 0.0177. The maximum atomic E-state index is 13.3. The van der Waals surface area contributed by atoms with E-state index in [1.165, 1.54) is 24.3 Å². The number of hydrogen-bond acceptors (Lipinski definition) is 3. The first kappa shape index (κ1) is 19.3. The molecule has 0 saturated carbocycles. The molecule has 0 unspecified atom stereocenters. The van der Waals surface area contributed by atoms with Gasteiger partial charge in [0.2, 0.25) is 0 Å². The molecule has 1 fully saturated rings. The van der Waals surface area contributed by atoms with Crippen LogP contribution in [0.15, 0.2) is 48.5 Å². The summed E-state index contributed by atoms with van der Waals surface area (Å²) in [5.41, 5.74) is 0.657. The number of ether oxygens (including phenoxy) is 1. The molecule has 0 spiro atoms. The summed E-state index contributed by atoms with van der Waals surface area (Å²) in [5.74, 6) is -0.684. The largest absolute Gasteiger partial charge is 0.438 e. The molecule has 144 valence electrons. The Kier molecular flexibility index (Phi) is 5.75. The molecule has 6 heteroatoms. The van der Waals surface area contributed by atoms with E-state index in [4.69, 9.17) is 4.74 Å². The van der Waals surface area contributed by atoms with Gasteiger partial charge in [-0.15, -0.1) is 0 Å². The van der Waals surface area contributed by atoms with Gasteiger partial charge in [0.1, 0.15) is 17.2 Å². The van der Waals surface area contributed by atoms with Gasteiger partial charge in [-0.1, -0.05) is 24.3 Å². The lowest BCUT2D eigenvalue weighted by Crippen LogP contribution is -2.48. The Morgan fingerprint density at radius 3 is 2.26 bits per heavy atom. The fourth-order valence-corrected chi connectivity index (χ4v) is 3.58. The molecule has 27 heavy (non-hydrogen) atoms. The Morgan fingerprint density at radius 2 is 1.70 bits per heavy atom. The fourth-order valence-electron chi connectivity index (χ4n) is 3.58. The van der Waals surface area contributed by atoms with Crippen molar-refractivity contribution in [2.75, 3.05) is 13.2 Å². The number of rotatable bonds is 6. The number of carbonyl (C=O) groups is 1. The van der Waals surface area contributed by atoms with E-state index in [2.05, 4.69) is 0 Å². The van der Waals surface area contributed by atoms with Gasteiger partial charge in [0.25, 0.3) is 0 Å². The zero-order valence-electron chi connectivity index (χ0n) is 15.2. The van der Waals surface area contributed by atoms with Gasteiger partial charge >= 0.3 is 6.09 Å². The monoisotopic (exact) mass is 375 g/mol. The van der Waals surface area contributed by atoms with Gasteiger partial charge < -0.3 is 14.7 Å². The van der Waals surface area contributed by atoms with Gasteiger partial charge in [-0.3, -0.25) is 0 Å². The second-order valence-electron chi connectivity index (χ2n) is 6.87. The maximum Gasteiger partial charge on any atom is 0.411 e. The van der Waals surface area contributed by atoms with E-state index in [0.29, 0.717) is 25.8 Å². The van der Waals surface area contributed by atoms with Crippen LogP contribution in [-0.2, 0) is 10.3 Å². The van der Waals surface area contributed by atoms with Crippen molar-refractivity contribution in [3.8, 4) is 0 Å². The Labute approximate surface area is 157 Å². The summed E-state index contributed by atoms with van der Waals surface area (Å²) in [4.78, 5) is 14.4. The number of halogens is 2. The van der Waals surface area contributed by atoms with Crippen molar-refractivity contribution in [3.05, 3.63) is 71.3 Å². The summed E-state index contributed by atoms with van der Waals surface area (Å²) < 4.78 is 32.3. The predicted octanol–water partition coefficient (Wildman–Crippen LogP) is 4.54. The van der Waals surface area contributed by atoms with E-state index in [-0.39, 0.29) is 24.3 Å². The topological polar surface area (TPSA) is 49.8 Å². The van der Waals surface area contributed by atoms with Gasteiger partial charge in [0, 0.05) is 19.6 Å². The molecular formula is C21H23F2NO3. The molecule has 0 bridgehead atoms. The average Bonchev–Trinajstić information content (AvgIpc) is 2.67. The van der Waals surface area contributed by atoms with Crippen LogP contribution in [0.5, 0.6) is 0 Å². The minimum atomic E-state index is -0.882. The molecule has 2 aromatic rings. The second kappa shape index (κ2) is 8.05. The molecule has 1 amide bonds. The highest BCUT2D eigenvalue weighted by Gasteiger charge is 2.43. The van der Waals surface area contributed by atoms with Crippen molar-refractivity contribution < 1.29 is 23.4 Å². The van der Waals surface area contributed by atoms with E-state index < -0.39 is 11.7 Å². The van der Waals surface area contributed by atoms with E-state index in [9.17, 15) is 18.7 Å². The number of benzene rings is 2. The molecular weight excluding hydrogens is 352 g/mol. The van der Waals surface area contributed by atoms with Gasteiger partial charge in [-0.25, -0.2) is 13.6 Å². The van der Waals surface area contributed by atoms with Crippen LogP contribution in [0.4, 0.5) is 13.6 Å². The van der Waals surface area contributed by atoms with Crippen LogP contribution in [0.3, 0.4) is 0 Å². The standard InChI is InChI=1S/C21H23F2NO3/c1-15(16-3-7-18(22)8-4-16)24-13-12-21(11-2-14-25,27-20(24)26)17-5-9-19(23)10-6-17/h3-10,15,25H,2,11-14H2,1H3/t15-,21+/m0/s1. The maximum absolute atomic E-state index is 13.3. The first-order chi connectivity index (χ1) is 12.9. The predicted molar refractivity (Wildman–Crippen MR) is 97.0 cm³/mol.